The summed E-state index contributed by atoms with van der Waals surface area (Å²) in [5.41, 5.74) is 11.3. The molecule has 3 heterocycles. The average molecular weight is 734 g/mol. The van der Waals surface area contributed by atoms with Gasteiger partial charge in [-0.05, 0) is 57.6 Å². The van der Waals surface area contributed by atoms with E-state index in [0.29, 0.717) is 17.5 Å². The second-order valence-corrected chi connectivity index (χ2v) is 15.0. The van der Waals surface area contributed by atoms with Crippen LogP contribution in [0.4, 0.5) is 0 Å². The summed E-state index contributed by atoms with van der Waals surface area (Å²) >= 11 is 1.86. The van der Waals surface area contributed by atoms with E-state index in [-0.39, 0.29) is 0 Å². The number of benzene rings is 8. The topological polar surface area (TPSA) is 51.8 Å². The fraction of sp³-hybridized carbons (Fsp3) is 0. The standard InChI is InChI=1S/C51H31N3OS/c1-3-11-32(12-4-1)33-23-27-37(28-24-33)50-52-49(36-13-5-2-6-14-36)53-51(54-50)43-19-10-17-41-44-31-38(29-30-45(44)55-47(41)43)34-21-25-35(26-22-34)39-16-9-18-42-40-15-7-8-20-46(40)56-48(39)42/h1-31H. The second kappa shape index (κ2) is 13.3. The Kier molecular flexibility index (Phi) is 7.64. The lowest BCUT2D eigenvalue weighted by atomic mass is 9.98. The number of hydrogen-bond donors (Lipinski definition) is 0. The first-order chi connectivity index (χ1) is 27.7. The number of aromatic nitrogens is 3. The number of furan rings is 1. The lowest BCUT2D eigenvalue weighted by Gasteiger charge is -2.09. The smallest absolute Gasteiger partial charge is 0.167 e. The largest absolute Gasteiger partial charge is 0.455 e. The predicted molar refractivity (Wildman–Crippen MR) is 233 cm³/mol. The van der Waals surface area contributed by atoms with Gasteiger partial charge in [0, 0.05) is 42.1 Å². The van der Waals surface area contributed by atoms with E-state index in [0.717, 1.165) is 60.9 Å². The van der Waals surface area contributed by atoms with E-state index < -0.39 is 0 Å². The molecule has 0 radical (unpaired) electrons. The third kappa shape index (κ3) is 5.56. The molecule has 0 aliphatic rings. The molecule has 0 N–H and O–H groups in total. The number of para-hydroxylation sites is 1. The summed E-state index contributed by atoms with van der Waals surface area (Å²) in [7, 11) is 0. The number of rotatable bonds is 6. The number of fused-ring (bicyclic) bond motifs is 6. The zero-order valence-electron chi connectivity index (χ0n) is 30.1. The van der Waals surface area contributed by atoms with Crippen LogP contribution in [0.1, 0.15) is 0 Å². The molecule has 0 atom stereocenters. The Morgan fingerprint density at radius 3 is 1.61 bits per heavy atom. The molecule has 8 aromatic carbocycles. The summed E-state index contributed by atoms with van der Waals surface area (Å²) in [4.78, 5) is 15.1. The Bertz CT molecular complexity index is 3220. The molecule has 5 heteroatoms. The molecule has 0 fully saturated rings. The monoisotopic (exact) mass is 733 g/mol. The molecule has 0 saturated heterocycles. The van der Waals surface area contributed by atoms with Crippen LogP contribution in [0.5, 0.6) is 0 Å². The van der Waals surface area contributed by atoms with Crippen molar-refractivity contribution in [3.05, 3.63) is 188 Å². The van der Waals surface area contributed by atoms with Crippen LogP contribution in [0.25, 0.3) is 110 Å². The molecule has 11 rings (SSSR count). The summed E-state index contributed by atoms with van der Waals surface area (Å²) in [5, 5.41) is 4.69. The molecule has 0 aliphatic carbocycles. The molecule has 11 aromatic rings. The van der Waals surface area contributed by atoms with Crippen molar-refractivity contribution in [1.29, 1.82) is 0 Å². The van der Waals surface area contributed by atoms with E-state index in [4.69, 9.17) is 19.4 Å². The maximum absolute atomic E-state index is 6.63. The van der Waals surface area contributed by atoms with Gasteiger partial charge in [0.15, 0.2) is 17.5 Å². The second-order valence-electron chi connectivity index (χ2n) is 14.0. The van der Waals surface area contributed by atoms with Crippen LogP contribution in [-0.4, -0.2) is 15.0 Å². The highest BCUT2D eigenvalue weighted by atomic mass is 32.1. The molecule has 0 saturated carbocycles. The van der Waals surface area contributed by atoms with Crippen LogP contribution in [0.2, 0.25) is 0 Å². The van der Waals surface area contributed by atoms with Crippen molar-refractivity contribution in [2.45, 2.75) is 0 Å². The third-order valence-corrected chi connectivity index (χ3v) is 11.8. The molecule has 56 heavy (non-hydrogen) atoms. The normalized spacial score (nSPS) is 11.6. The van der Waals surface area contributed by atoms with Gasteiger partial charge >= 0.3 is 0 Å². The quantitative estimate of drug-likeness (QED) is 0.171. The summed E-state index contributed by atoms with van der Waals surface area (Å²) in [5.74, 6) is 1.78. The molecular weight excluding hydrogens is 703 g/mol. The highest BCUT2D eigenvalue weighted by Crippen LogP contribution is 2.41. The summed E-state index contributed by atoms with van der Waals surface area (Å²) < 4.78 is 9.27. The number of thiophene rings is 1. The molecule has 0 spiro atoms. The van der Waals surface area contributed by atoms with E-state index >= 15 is 0 Å². The molecule has 262 valence electrons. The number of hydrogen-bond acceptors (Lipinski definition) is 5. The molecule has 0 aliphatic heterocycles. The Balaban J connectivity index is 0.979. The van der Waals surface area contributed by atoms with Gasteiger partial charge in [0.1, 0.15) is 11.2 Å². The van der Waals surface area contributed by atoms with Gasteiger partial charge in [0.2, 0.25) is 0 Å². The van der Waals surface area contributed by atoms with Crippen molar-refractivity contribution in [3.8, 4) is 67.5 Å². The first-order valence-corrected chi connectivity index (χ1v) is 19.5. The van der Waals surface area contributed by atoms with Gasteiger partial charge in [-0.3, -0.25) is 0 Å². The van der Waals surface area contributed by atoms with Gasteiger partial charge in [-0.1, -0.05) is 164 Å². The Hall–Kier alpha value is -7.21. The van der Waals surface area contributed by atoms with E-state index in [1.807, 2.05) is 53.8 Å². The van der Waals surface area contributed by atoms with Gasteiger partial charge in [-0.15, -0.1) is 11.3 Å². The minimum atomic E-state index is 0.565. The molecular formula is C51H31N3OS. The fourth-order valence-corrected chi connectivity index (χ4v) is 8.99. The third-order valence-electron chi connectivity index (χ3n) is 10.6. The van der Waals surface area contributed by atoms with Crippen LogP contribution >= 0.6 is 11.3 Å². The summed E-state index contributed by atoms with van der Waals surface area (Å²) in [6, 6.07) is 65.7. The van der Waals surface area contributed by atoms with Crippen LogP contribution in [0, 0.1) is 0 Å². The molecule has 0 unspecified atom stereocenters. The summed E-state index contributed by atoms with van der Waals surface area (Å²) in [6.45, 7) is 0. The maximum atomic E-state index is 6.63. The van der Waals surface area contributed by atoms with Crippen molar-refractivity contribution in [2.24, 2.45) is 0 Å². The van der Waals surface area contributed by atoms with Crippen molar-refractivity contribution in [3.63, 3.8) is 0 Å². The van der Waals surface area contributed by atoms with E-state index in [1.165, 1.54) is 31.3 Å². The van der Waals surface area contributed by atoms with Crippen LogP contribution in [-0.2, 0) is 0 Å². The Morgan fingerprint density at radius 2 is 0.857 bits per heavy atom. The van der Waals surface area contributed by atoms with Gasteiger partial charge in [0.05, 0.1) is 5.56 Å². The van der Waals surface area contributed by atoms with Crippen molar-refractivity contribution in [1.82, 2.24) is 15.0 Å². The lowest BCUT2D eigenvalue weighted by molar-refractivity contribution is 0.669. The molecule has 0 bridgehead atoms. The van der Waals surface area contributed by atoms with Gasteiger partial charge in [-0.25, -0.2) is 15.0 Å². The van der Waals surface area contributed by atoms with Crippen LogP contribution < -0.4 is 0 Å². The maximum Gasteiger partial charge on any atom is 0.167 e. The zero-order chi connectivity index (χ0) is 37.0. The summed E-state index contributed by atoms with van der Waals surface area (Å²) in [6.07, 6.45) is 0. The van der Waals surface area contributed by atoms with E-state index in [9.17, 15) is 0 Å². The Labute approximate surface area is 327 Å². The van der Waals surface area contributed by atoms with Gasteiger partial charge < -0.3 is 4.42 Å². The van der Waals surface area contributed by atoms with Crippen molar-refractivity contribution < 1.29 is 4.42 Å². The zero-order valence-corrected chi connectivity index (χ0v) is 30.9. The minimum Gasteiger partial charge on any atom is -0.455 e. The lowest BCUT2D eigenvalue weighted by Crippen LogP contribution is -2.00. The van der Waals surface area contributed by atoms with E-state index in [2.05, 4.69) is 146 Å². The first-order valence-electron chi connectivity index (χ1n) is 18.7. The molecule has 4 nitrogen and oxygen atoms in total. The SMILES string of the molecule is c1ccc(-c2ccc(-c3nc(-c4ccccc4)nc(-c4cccc5c4oc4ccc(-c6ccc(-c7cccc8c7sc7ccccc78)cc6)cc45)n3)cc2)cc1. The van der Waals surface area contributed by atoms with E-state index in [1.54, 1.807) is 0 Å². The highest BCUT2D eigenvalue weighted by molar-refractivity contribution is 7.26. The Morgan fingerprint density at radius 1 is 0.339 bits per heavy atom. The van der Waals surface area contributed by atoms with Crippen molar-refractivity contribution >= 4 is 53.4 Å². The molecule has 3 aromatic heterocycles. The first kappa shape index (κ1) is 32.2. The highest BCUT2D eigenvalue weighted by Gasteiger charge is 2.19. The van der Waals surface area contributed by atoms with Crippen molar-refractivity contribution in [2.75, 3.05) is 0 Å². The number of nitrogens with zero attached hydrogens (tertiary/aromatic N) is 3. The predicted octanol–water partition coefficient (Wildman–Crippen LogP) is 14.1. The van der Waals surface area contributed by atoms with Crippen LogP contribution in [0.15, 0.2) is 192 Å². The molecule has 0 amide bonds. The van der Waals surface area contributed by atoms with Crippen LogP contribution in [0.3, 0.4) is 0 Å². The average Bonchev–Trinajstić information content (AvgIpc) is 3.85. The fourth-order valence-electron chi connectivity index (χ4n) is 7.76. The van der Waals surface area contributed by atoms with Gasteiger partial charge in [-0.2, -0.15) is 0 Å². The van der Waals surface area contributed by atoms with Gasteiger partial charge in [0.25, 0.3) is 0 Å². The minimum absolute atomic E-state index is 0.565.